The number of aliphatic hydroxyl groups is 1. The summed E-state index contributed by atoms with van der Waals surface area (Å²) in [6.07, 6.45) is 3.83. The van der Waals surface area contributed by atoms with Gasteiger partial charge in [0.15, 0.2) is 0 Å². The number of para-hydroxylation sites is 1. The molecule has 2 aromatic rings. The highest BCUT2D eigenvalue weighted by atomic mass is 16.3. The first-order valence-electron chi connectivity index (χ1n) is 9.00. The Bertz CT molecular complexity index is 759. The summed E-state index contributed by atoms with van der Waals surface area (Å²) in [5.74, 6) is 0.951. The van der Waals surface area contributed by atoms with Crippen LogP contribution in [-0.2, 0) is 0 Å². The Kier molecular flexibility index (Phi) is 4.01. The van der Waals surface area contributed by atoms with Crippen LogP contribution in [0.15, 0.2) is 30.3 Å². The molecule has 1 aliphatic carbocycles. The minimum Gasteiger partial charge on any atom is -0.393 e. The number of hydrogen-bond donors (Lipinski definition) is 1. The summed E-state index contributed by atoms with van der Waals surface area (Å²) in [5.41, 5.74) is 2.78. The molecule has 2 aliphatic rings. The summed E-state index contributed by atoms with van der Waals surface area (Å²) in [6.45, 7) is 3.30. The van der Waals surface area contributed by atoms with Gasteiger partial charge in [0.05, 0.1) is 17.2 Å². The molecule has 1 unspecified atom stereocenters. The fourth-order valence-electron chi connectivity index (χ4n) is 3.72. The third-order valence-corrected chi connectivity index (χ3v) is 5.47. The average molecular weight is 324 g/mol. The van der Waals surface area contributed by atoms with Crippen molar-refractivity contribution in [2.24, 2.45) is 5.92 Å². The molecule has 1 N–H and O–H groups in total. The molecule has 1 aliphatic heterocycles. The van der Waals surface area contributed by atoms with Crippen LogP contribution in [0.2, 0.25) is 0 Å². The Hall–Kier alpha value is -1.94. The molecule has 1 atom stereocenters. The smallest absolute Gasteiger partial charge is 0.254 e. The number of benzene rings is 1. The maximum absolute atomic E-state index is 13.1. The molecule has 1 saturated carbocycles. The summed E-state index contributed by atoms with van der Waals surface area (Å²) >= 11 is 0. The van der Waals surface area contributed by atoms with Crippen molar-refractivity contribution in [2.75, 3.05) is 13.1 Å². The number of nitrogens with zero attached hydrogens (tertiary/aromatic N) is 2. The van der Waals surface area contributed by atoms with E-state index < -0.39 is 0 Å². The molecule has 1 saturated heterocycles. The molecule has 0 bridgehead atoms. The van der Waals surface area contributed by atoms with Crippen molar-refractivity contribution in [3.8, 4) is 0 Å². The van der Waals surface area contributed by atoms with Crippen LogP contribution in [0.3, 0.4) is 0 Å². The monoisotopic (exact) mass is 324 g/mol. The topological polar surface area (TPSA) is 53.4 Å². The largest absolute Gasteiger partial charge is 0.393 e. The number of hydrogen-bond acceptors (Lipinski definition) is 3. The van der Waals surface area contributed by atoms with Crippen molar-refractivity contribution >= 4 is 16.8 Å². The SMILES string of the molecule is CC(O)C1CCN(C(=O)c2cc(C3CC3)nc3ccccc23)CC1. The lowest BCUT2D eigenvalue weighted by Crippen LogP contribution is -2.40. The van der Waals surface area contributed by atoms with E-state index in [9.17, 15) is 9.90 Å². The van der Waals surface area contributed by atoms with E-state index in [0.717, 1.165) is 48.1 Å². The van der Waals surface area contributed by atoms with E-state index in [0.29, 0.717) is 11.8 Å². The lowest BCUT2D eigenvalue weighted by Gasteiger charge is -2.33. The number of piperidine rings is 1. The zero-order chi connectivity index (χ0) is 16.7. The van der Waals surface area contributed by atoms with Crippen LogP contribution in [0, 0.1) is 5.92 Å². The molecule has 1 aromatic heterocycles. The molecule has 126 valence electrons. The number of carbonyl (C=O) groups is 1. The number of likely N-dealkylation sites (tertiary alicyclic amines) is 1. The van der Waals surface area contributed by atoms with E-state index in [1.807, 2.05) is 42.2 Å². The van der Waals surface area contributed by atoms with Gasteiger partial charge in [-0.05, 0) is 50.7 Å². The van der Waals surface area contributed by atoms with Crippen LogP contribution in [0.4, 0.5) is 0 Å². The van der Waals surface area contributed by atoms with Gasteiger partial charge in [-0.2, -0.15) is 0 Å². The molecule has 2 fully saturated rings. The second-order valence-corrected chi connectivity index (χ2v) is 7.26. The molecule has 0 spiro atoms. The lowest BCUT2D eigenvalue weighted by molar-refractivity contribution is 0.0523. The lowest BCUT2D eigenvalue weighted by atomic mass is 9.91. The first-order valence-corrected chi connectivity index (χ1v) is 9.00. The Morgan fingerprint density at radius 1 is 1.21 bits per heavy atom. The maximum Gasteiger partial charge on any atom is 0.254 e. The van der Waals surface area contributed by atoms with Gasteiger partial charge in [0.2, 0.25) is 0 Å². The predicted molar refractivity (Wildman–Crippen MR) is 94.0 cm³/mol. The highest BCUT2D eigenvalue weighted by Gasteiger charge is 2.30. The van der Waals surface area contributed by atoms with Gasteiger partial charge in [-0.15, -0.1) is 0 Å². The minimum absolute atomic E-state index is 0.111. The molecule has 4 heteroatoms. The number of carbonyl (C=O) groups excluding carboxylic acids is 1. The summed E-state index contributed by atoms with van der Waals surface area (Å²) < 4.78 is 0. The first kappa shape index (κ1) is 15.6. The van der Waals surface area contributed by atoms with E-state index in [1.165, 1.54) is 12.8 Å². The summed E-state index contributed by atoms with van der Waals surface area (Å²) in [5, 5.41) is 10.7. The van der Waals surface area contributed by atoms with Gasteiger partial charge in [0, 0.05) is 30.1 Å². The first-order chi connectivity index (χ1) is 11.6. The molecule has 24 heavy (non-hydrogen) atoms. The van der Waals surface area contributed by atoms with Gasteiger partial charge in [0.25, 0.3) is 5.91 Å². The Labute approximate surface area is 142 Å². The third kappa shape index (κ3) is 2.91. The molecule has 2 heterocycles. The van der Waals surface area contributed by atoms with Crippen LogP contribution in [-0.4, -0.2) is 40.1 Å². The number of aromatic nitrogens is 1. The quantitative estimate of drug-likeness (QED) is 0.942. The Balaban J connectivity index is 1.64. The second kappa shape index (κ2) is 6.17. The van der Waals surface area contributed by atoms with Crippen LogP contribution in [0.5, 0.6) is 0 Å². The second-order valence-electron chi connectivity index (χ2n) is 7.26. The third-order valence-electron chi connectivity index (χ3n) is 5.47. The number of fused-ring (bicyclic) bond motifs is 1. The number of pyridine rings is 1. The van der Waals surface area contributed by atoms with Gasteiger partial charge < -0.3 is 10.0 Å². The highest BCUT2D eigenvalue weighted by Crippen LogP contribution is 2.40. The molecule has 4 nitrogen and oxygen atoms in total. The normalized spacial score (nSPS) is 20.3. The van der Waals surface area contributed by atoms with Gasteiger partial charge in [-0.3, -0.25) is 9.78 Å². The van der Waals surface area contributed by atoms with E-state index in [1.54, 1.807) is 0 Å². The molecule has 0 radical (unpaired) electrons. The van der Waals surface area contributed by atoms with E-state index in [2.05, 4.69) is 0 Å². The van der Waals surface area contributed by atoms with E-state index in [4.69, 9.17) is 4.98 Å². The van der Waals surface area contributed by atoms with Gasteiger partial charge >= 0.3 is 0 Å². The van der Waals surface area contributed by atoms with Crippen molar-refractivity contribution in [2.45, 2.75) is 44.6 Å². The molecular weight excluding hydrogens is 300 g/mol. The minimum atomic E-state index is -0.287. The predicted octanol–water partition coefficient (Wildman–Crippen LogP) is 3.35. The van der Waals surface area contributed by atoms with Crippen molar-refractivity contribution in [1.82, 2.24) is 9.88 Å². The average Bonchev–Trinajstić information content (AvgIpc) is 3.45. The van der Waals surface area contributed by atoms with Crippen LogP contribution < -0.4 is 0 Å². The fourth-order valence-corrected chi connectivity index (χ4v) is 3.72. The summed E-state index contributed by atoms with van der Waals surface area (Å²) in [7, 11) is 0. The number of amides is 1. The molecule has 4 rings (SSSR count). The summed E-state index contributed by atoms with van der Waals surface area (Å²) in [6, 6.07) is 9.96. The zero-order valence-electron chi connectivity index (χ0n) is 14.1. The zero-order valence-corrected chi connectivity index (χ0v) is 14.1. The maximum atomic E-state index is 13.1. The standard InChI is InChI=1S/C20H24N2O2/c1-13(23)14-8-10-22(11-9-14)20(24)17-12-19(15-6-7-15)21-18-5-3-2-4-16(17)18/h2-5,12-15,23H,6-11H2,1H3. The van der Waals surface area contributed by atoms with Crippen molar-refractivity contribution in [3.05, 3.63) is 41.6 Å². The summed E-state index contributed by atoms with van der Waals surface area (Å²) in [4.78, 5) is 19.8. The van der Waals surface area contributed by atoms with E-state index >= 15 is 0 Å². The van der Waals surface area contributed by atoms with Crippen molar-refractivity contribution < 1.29 is 9.90 Å². The molecule has 1 amide bonds. The van der Waals surface area contributed by atoms with Crippen LogP contribution in [0.1, 0.15) is 54.6 Å². The van der Waals surface area contributed by atoms with Crippen LogP contribution >= 0.6 is 0 Å². The fraction of sp³-hybridized carbons (Fsp3) is 0.500. The Morgan fingerprint density at radius 2 is 1.92 bits per heavy atom. The Morgan fingerprint density at radius 3 is 2.58 bits per heavy atom. The van der Waals surface area contributed by atoms with E-state index in [-0.39, 0.29) is 12.0 Å². The van der Waals surface area contributed by atoms with Crippen molar-refractivity contribution in [3.63, 3.8) is 0 Å². The van der Waals surface area contributed by atoms with Crippen LogP contribution in [0.25, 0.3) is 10.9 Å². The van der Waals surface area contributed by atoms with Crippen molar-refractivity contribution in [1.29, 1.82) is 0 Å². The van der Waals surface area contributed by atoms with Gasteiger partial charge in [-0.1, -0.05) is 18.2 Å². The van der Waals surface area contributed by atoms with Gasteiger partial charge in [-0.25, -0.2) is 0 Å². The number of rotatable bonds is 3. The molecule has 1 aromatic carbocycles. The van der Waals surface area contributed by atoms with Gasteiger partial charge in [0.1, 0.15) is 0 Å². The number of aliphatic hydroxyl groups excluding tert-OH is 1. The highest BCUT2D eigenvalue weighted by molar-refractivity contribution is 6.06. The molecular formula is C20H24N2O2.